The maximum atomic E-state index is 12.5. The summed E-state index contributed by atoms with van der Waals surface area (Å²) in [4.78, 5) is 12.5. The van der Waals surface area contributed by atoms with E-state index in [9.17, 15) is 4.79 Å². The Bertz CT molecular complexity index is 1170. The molecule has 0 aliphatic rings. The molecular formula is C24H25N5OS. The van der Waals surface area contributed by atoms with Gasteiger partial charge in [0.25, 0.3) is 0 Å². The molecule has 0 fully saturated rings. The summed E-state index contributed by atoms with van der Waals surface area (Å²) in [7, 11) is 0. The molecule has 0 bridgehead atoms. The molecule has 0 spiro atoms. The van der Waals surface area contributed by atoms with Crippen molar-refractivity contribution in [2.75, 3.05) is 11.1 Å². The molecule has 0 radical (unpaired) electrons. The third-order valence-corrected chi connectivity index (χ3v) is 5.77. The average Bonchev–Trinajstić information content (AvgIpc) is 3.45. The van der Waals surface area contributed by atoms with Crippen molar-refractivity contribution in [1.82, 2.24) is 15.0 Å². The van der Waals surface area contributed by atoms with Gasteiger partial charge in [-0.2, -0.15) is 11.3 Å². The maximum absolute atomic E-state index is 12.5. The van der Waals surface area contributed by atoms with Crippen molar-refractivity contribution >= 4 is 28.6 Å². The zero-order chi connectivity index (χ0) is 21.6. The lowest BCUT2D eigenvalue weighted by atomic mass is 10.1. The van der Waals surface area contributed by atoms with Gasteiger partial charge in [-0.3, -0.25) is 9.48 Å². The number of benzene rings is 2. The van der Waals surface area contributed by atoms with E-state index in [0.29, 0.717) is 24.2 Å². The van der Waals surface area contributed by atoms with Crippen molar-refractivity contribution in [3.63, 3.8) is 0 Å². The number of aromatic nitrogens is 3. The van der Waals surface area contributed by atoms with Gasteiger partial charge in [-0.25, -0.2) is 0 Å². The zero-order valence-corrected chi connectivity index (χ0v) is 18.2. The highest BCUT2D eigenvalue weighted by Crippen LogP contribution is 2.28. The summed E-state index contributed by atoms with van der Waals surface area (Å²) < 4.78 is 1.83. The topological polar surface area (TPSA) is 85.8 Å². The molecule has 0 aliphatic carbocycles. The molecule has 31 heavy (non-hydrogen) atoms. The number of hydrogen-bond donors (Lipinski definition) is 2. The second kappa shape index (κ2) is 9.57. The lowest BCUT2D eigenvalue weighted by Crippen LogP contribution is -2.13. The van der Waals surface area contributed by atoms with Gasteiger partial charge in [0.15, 0.2) is 0 Å². The minimum absolute atomic E-state index is 0.0940. The summed E-state index contributed by atoms with van der Waals surface area (Å²) in [5.74, 6) is -0.0940. The van der Waals surface area contributed by atoms with E-state index in [1.165, 1.54) is 11.1 Å². The van der Waals surface area contributed by atoms with Gasteiger partial charge in [-0.1, -0.05) is 41.1 Å². The van der Waals surface area contributed by atoms with E-state index < -0.39 is 0 Å². The van der Waals surface area contributed by atoms with E-state index in [4.69, 9.17) is 5.73 Å². The highest BCUT2D eigenvalue weighted by molar-refractivity contribution is 7.08. The number of nitrogens with zero attached hydrogens (tertiary/aromatic N) is 3. The molecule has 0 saturated heterocycles. The molecule has 4 rings (SSSR count). The minimum Gasteiger partial charge on any atom is -0.397 e. The number of anilines is 2. The molecule has 2 aromatic heterocycles. The molecule has 1 amide bonds. The number of nitrogens with two attached hydrogens (primary N) is 1. The third kappa shape index (κ3) is 5.58. The van der Waals surface area contributed by atoms with E-state index in [1.54, 1.807) is 11.3 Å². The number of hydrogen-bond acceptors (Lipinski definition) is 5. The normalized spacial score (nSPS) is 10.9. The highest BCUT2D eigenvalue weighted by atomic mass is 32.1. The Morgan fingerprint density at radius 3 is 2.84 bits per heavy atom. The molecular weight excluding hydrogens is 406 g/mol. The van der Waals surface area contributed by atoms with Crippen LogP contribution in [0, 0.1) is 6.92 Å². The third-order valence-electron chi connectivity index (χ3n) is 5.09. The number of amides is 1. The highest BCUT2D eigenvalue weighted by Gasteiger charge is 2.10. The number of thiophene rings is 1. The molecule has 158 valence electrons. The molecule has 4 aromatic rings. The molecule has 0 unspecified atom stereocenters. The second-order valence-corrected chi connectivity index (χ2v) is 8.35. The van der Waals surface area contributed by atoms with Crippen molar-refractivity contribution in [2.24, 2.45) is 0 Å². The van der Waals surface area contributed by atoms with Gasteiger partial charge in [0, 0.05) is 25.6 Å². The molecule has 0 atom stereocenters. The van der Waals surface area contributed by atoms with E-state index in [-0.39, 0.29) is 5.91 Å². The first-order valence-electron chi connectivity index (χ1n) is 10.2. The van der Waals surface area contributed by atoms with Gasteiger partial charge in [0.2, 0.25) is 5.91 Å². The van der Waals surface area contributed by atoms with Crippen LogP contribution >= 0.6 is 11.3 Å². The standard InChI is InChI=1S/C24H25N5OS/c1-17-3-2-4-18(13-17)9-11-29-15-21(27-28-29)6-8-24(30)26-23-14-19(5-7-22(23)25)20-10-12-31-16-20/h2-5,7,10,12-16H,6,8-9,11,25H2,1H3,(H,26,30). The second-order valence-electron chi connectivity index (χ2n) is 7.57. The van der Waals surface area contributed by atoms with Crippen LogP contribution in [-0.4, -0.2) is 20.9 Å². The van der Waals surface area contributed by atoms with E-state index >= 15 is 0 Å². The SMILES string of the molecule is Cc1cccc(CCn2cc(CCC(=O)Nc3cc(-c4ccsc4)ccc3N)nn2)c1. The summed E-state index contributed by atoms with van der Waals surface area (Å²) >= 11 is 1.64. The summed E-state index contributed by atoms with van der Waals surface area (Å²) in [6.45, 7) is 2.85. The smallest absolute Gasteiger partial charge is 0.224 e. The number of aryl methyl sites for hydroxylation is 4. The Hall–Kier alpha value is -3.45. The van der Waals surface area contributed by atoms with Crippen LogP contribution in [0.4, 0.5) is 11.4 Å². The molecule has 7 heteroatoms. The van der Waals surface area contributed by atoms with Crippen LogP contribution in [-0.2, 0) is 24.2 Å². The van der Waals surface area contributed by atoms with Crippen molar-refractivity contribution in [1.29, 1.82) is 0 Å². The average molecular weight is 432 g/mol. The van der Waals surface area contributed by atoms with Gasteiger partial charge in [0.1, 0.15) is 0 Å². The fourth-order valence-electron chi connectivity index (χ4n) is 3.40. The summed E-state index contributed by atoms with van der Waals surface area (Å²) in [6.07, 6.45) is 3.65. The lowest BCUT2D eigenvalue weighted by molar-refractivity contribution is -0.116. The van der Waals surface area contributed by atoms with E-state index in [2.05, 4.69) is 52.2 Å². The Morgan fingerprint density at radius 2 is 2.03 bits per heavy atom. The van der Waals surface area contributed by atoms with Crippen molar-refractivity contribution in [3.05, 3.63) is 82.3 Å². The maximum Gasteiger partial charge on any atom is 0.224 e. The largest absolute Gasteiger partial charge is 0.397 e. The van der Waals surface area contributed by atoms with Gasteiger partial charge >= 0.3 is 0 Å². The number of nitrogen functional groups attached to an aromatic ring is 1. The molecule has 3 N–H and O–H groups in total. The first-order valence-corrected chi connectivity index (χ1v) is 11.2. The quantitative estimate of drug-likeness (QED) is 0.396. The van der Waals surface area contributed by atoms with Gasteiger partial charge in [-0.15, -0.1) is 5.10 Å². The monoisotopic (exact) mass is 431 g/mol. The molecule has 0 aliphatic heterocycles. The van der Waals surface area contributed by atoms with Gasteiger partial charge in [0.05, 0.1) is 17.1 Å². The fraction of sp³-hybridized carbons (Fsp3) is 0.208. The van der Waals surface area contributed by atoms with Crippen LogP contribution in [0.5, 0.6) is 0 Å². The predicted molar refractivity (Wildman–Crippen MR) is 126 cm³/mol. The van der Waals surface area contributed by atoms with Gasteiger partial charge < -0.3 is 11.1 Å². The van der Waals surface area contributed by atoms with Crippen molar-refractivity contribution in [3.8, 4) is 11.1 Å². The molecule has 6 nitrogen and oxygen atoms in total. The fourth-order valence-corrected chi connectivity index (χ4v) is 4.07. The first kappa shape index (κ1) is 20.8. The van der Waals surface area contributed by atoms with Gasteiger partial charge in [-0.05, 0) is 59.0 Å². The predicted octanol–water partition coefficient (Wildman–Crippen LogP) is 4.71. The summed E-state index contributed by atoms with van der Waals surface area (Å²) in [5, 5.41) is 15.4. The number of nitrogens with one attached hydrogen (secondary N) is 1. The van der Waals surface area contributed by atoms with Crippen LogP contribution in [0.1, 0.15) is 23.2 Å². The zero-order valence-electron chi connectivity index (χ0n) is 17.4. The molecule has 0 saturated carbocycles. The van der Waals surface area contributed by atoms with Crippen molar-refractivity contribution < 1.29 is 4.79 Å². The van der Waals surface area contributed by atoms with Crippen LogP contribution in [0.2, 0.25) is 0 Å². The van der Waals surface area contributed by atoms with Crippen LogP contribution in [0.3, 0.4) is 0 Å². The van der Waals surface area contributed by atoms with Crippen LogP contribution < -0.4 is 11.1 Å². The van der Waals surface area contributed by atoms with E-state index in [1.807, 2.05) is 40.5 Å². The first-order chi connectivity index (χ1) is 15.1. The van der Waals surface area contributed by atoms with E-state index in [0.717, 1.165) is 29.8 Å². The Labute approximate surface area is 185 Å². The lowest BCUT2D eigenvalue weighted by Gasteiger charge is -2.10. The Kier molecular flexibility index (Phi) is 6.43. The summed E-state index contributed by atoms with van der Waals surface area (Å²) in [6, 6.07) is 16.2. The number of carbonyl (C=O) groups excluding carboxylic acids is 1. The number of carbonyl (C=O) groups is 1. The molecule has 2 heterocycles. The van der Waals surface area contributed by atoms with Crippen LogP contribution in [0.15, 0.2) is 65.5 Å². The number of rotatable bonds is 8. The Balaban J connectivity index is 1.30. The minimum atomic E-state index is -0.0940. The summed E-state index contributed by atoms with van der Waals surface area (Å²) in [5.41, 5.74) is 12.7. The van der Waals surface area contributed by atoms with Crippen LogP contribution in [0.25, 0.3) is 11.1 Å². The Morgan fingerprint density at radius 1 is 1.13 bits per heavy atom. The molecule has 2 aromatic carbocycles. The van der Waals surface area contributed by atoms with Crippen molar-refractivity contribution in [2.45, 2.75) is 32.7 Å².